The number of methoxy groups -OCH3 is 1. The molecule has 1 aromatic carbocycles. The number of fused-ring (bicyclic) bond motifs is 1. The van der Waals surface area contributed by atoms with E-state index in [1.54, 1.807) is 7.11 Å². The van der Waals surface area contributed by atoms with E-state index in [4.69, 9.17) is 10.5 Å². The Morgan fingerprint density at radius 1 is 1.42 bits per heavy atom. The van der Waals surface area contributed by atoms with Gasteiger partial charge in [-0.2, -0.15) is 0 Å². The molecular weight excluding hydrogens is 242 g/mol. The van der Waals surface area contributed by atoms with Crippen molar-refractivity contribution in [3.05, 3.63) is 24.0 Å². The minimum atomic E-state index is -0.634. The molecule has 1 atom stereocenters. The van der Waals surface area contributed by atoms with Gasteiger partial charge in [-0.3, -0.25) is 0 Å². The van der Waals surface area contributed by atoms with E-state index < -0.39 is 6.10 Å². The average molecular weight is 263 g/mol. The third-order valence-corrected chi connectivity index (χ3v) is 3.18. The Morgan fingerprint density at radius 2 is 2.16 bits per heavy atom. The number of rotatable bonds is 5. The molecule has 5 heteroatoms. The summed E-state index contributed by atoms with van der Waals surface area (Å²) in [6.45, 7) is 4.58. The summed E-state index contributed by atoms with van der Waals surface area (Å²) in [5.41, 5.74) is 7.35. The van der Waals surface area contributed by atoms with E-state index >= 15 is 0 Å². The van der Waals surface area contributed by atoms with Gasteiger partial charge in [-0.25, -0.2) is 4.98 Å². The monoisotopic (exact) mass is 263 g/mol. The Balaban J connectivity index is 2.58. The summed E-state index contributed by atoms with van der Waals surface area (Å²) in [6, 6.07) is 5.98. The maximum atomic E-state index is 10.2. The number of ether oxygens (including phenoxy) is 1. The highest BCUT2D eigenvalue weighted by atomic mass is 16.5. The molecule has 104 valence electrons. The van der Waals surface area contributed by atoms with Crippen molar-refractivity contribution < 1.29 is 9.84 Å². The molecule has 0 aliphatic rings. The van der Waals surface area contributed by atoms with Crippen LogP contribution in [0.15, 0.2) is 18.2 Å². The van der Waals surface area contributed by atoms with Crippen molar-refractivity contribution in [2.75, 3.05) is 13.7 Å². The SMILES string of the molecule is COc1ccc2c(c1)nc(C(O)CCN)n2C(C)C. The molecule has 0 aliphatic carbocycles. The summed E-state index contributed by atoms with van der Waals surface area (Å²) in [5.74, 6) is 1.43. The van der Waals surface area contributed by atoms with Crippen molar-refractivity contribution in [2.45, 2.75) is 32.4 Å². The standard InChI is InChI=1S/C14H21N3O2/c1-9(2)17-12-5-4-10(19-3)8-11(12)16-14(17)13(18)6-7-15/h4-5,8-9,13,18H,6-7,15H2,1-3H3. The fourth-order valence-electron chi connectivity index (χ4n) is 2.29. The van der Waals surface area contributed by atoms with Gasteiger partial charge in [-0.15, -0.1) is 0 Å². The smallest absolute Gasteiger partial charge is 0.139 e. The van der Waals surface area contributed by atoms with Crippen molar-refractivity contribution in [1.82, 2.24) is 9.55 Å². The Kier molecular flexibility index (Phi) is 4.07. The second-order valence-corrected chi connectivity index (χ2v) is 4.88. The number of benzene rings is 1. The zero-order valence-corrected chi connectivity index (χ0v) is 11.6. The summed E-state index contributed by atoms with van der Waals surface area (Å²) in [7, 11) is 1.63. The minimum Gasteiger partial charge on any atom is -0.497 e. The van der Waals surface area contributed by atoms with E-state index in [-0.39, 0.29) is 6.04 Å². The van der Waals surface area contributed by atoms with Gasteiger partial charge < -0.3 is 20.1 Å². The van der Waals surface area contributed by atoms with Crippen LogP contribution < -0.4 is 10.5 Å². The highest BCUT2D eigenvalue weighted by Crippen LogP contribution is 2.28. The Morgan fingerprint density at radius 3 is 2.74 bits per heavy atom. The van der Waals surface area contributed by atoms with Crippen LogP contribution in [0.25, 0.3) is 11.0 Å². The zero-order chi connectivity index (χ0) is 14.0. The Labute approximate surface area is 113 Å². The van der Waals surface area contributed by atoms with E-state index in [1.165, 1.54) is 0 Å². The minimum absolute atomic E-state index is 0.223. The number of aliphatic hydroxyl groups excluding tert-OH is 1. The van der Waals surface area contributed by atoms with Crippen LogP contribution in [-0.2, 0) is 0 Å². The molecule has 0 bridgehead atoms. The van der Waals surface area contributed by atoms with E-state index in [1.807, 2.05) is 18.2 Å². The molecule has 0 amide bonds. The fraction of sp³-hybridized carbons (Fsp3) is 0.500. The quantitative estimate of drug-likeness (QED) is 0.865. The molecule has 0 aliphatic heterocycles. The van der Waals surface area contributed by atoms with Crippen molar-refractivity contribution in [1.29, 1.82) is 0 Å². The van der Waals surface area contributed by atoms with Crippen molar-refractivity contribution in [3.8, 4) is 5.75 Å². The molecule has 0 radical (unpaired) electrons. The molecule has 0 saturated carbocycles. The number of hydrogen-bond donors (Lipinski definition) is 2. The fourth-order valence-corrected chi connectivity index (χ4v) is 2.29. The number of nitrogens with two attached hydrogens (primary N) is 1. The lowest BCUT2D eigenvalue weighted by atomic mass is 10.2. The lowest BCUT2D eigenvalue weighted by Crippen LogP contribution is -2.14. The largest absolute Gasteiger partial charge is 0.497 e. The average Bonchev–Trinajstić information content (AvgIpc) is 2.77. The third kappa shape index (κ3) is 2.57. The highest BCUT2D eigenvalue weighted by molar-refractivity contribution is 5.78. The first kappa shape index (κ1) is 13.8. The summed E-state index contributed by atoms with van der Waals surface area (Å²) in [4.78, 5) is 4.54. The van der Waals surface area contributed by atoms with E-state index in [2.05, 4.69) is 23.4 Å². The van der Waals surface area contributed by atoms with Crippen LogP contribution in [0.5, 0.6) is 5.75 Å². The Bertz CT molecular complexity index is 563. The van der Waals surface area contributed by atoms with Crippen LogP contribution in [0.4, 0.5) is 0 Å². The van der Waals surface area contributed by atoms with Gasteiger partial charge in [0.2, 0.25) is 0 Å². The molecule has 1 heterocycles. The highest BCUT2D eigenvalue weighted by Gasteiger charge is 2.19. The maximum absolute atomic E-state index is 10.2. The molecule has 2 aromatic rings. The lowest BCUT2D eigenvalue weighted by Gasteiger charge is -2.16. The van der Waals surface area contributed by atoms with Gasteiger partial charge >= 0.3 is 0 Å². The lowest BCUT2D eigenvalue weighted by molar-refractivity contribution is 0.155. The first-order chi connectivity index (χ1) is 9.08. The van der Waals surface area contributed by atoms with Crippen molar-refractivity contribution in [3.63, 3.8) is 0 Å². The number of aliphatic hydroxyl groups is 1. The van der Waals surface area contributed by atoms with Crippen LogP contribution in [0.2, 0.25) is 0 Å². The molecule has 19 heavy (non-hydrogen) atoms. The number of hydrogen-bond acceptors (Lipinski definition) is 4. The molecule has 1 unspecified atom stereocenters. The second-order valence-electron chi connectivity index (χ2n) is 4.88. The molecule has 1 aromatic heterocycles. The molecule has 0 fully saturated rings. The van der Waals surface area contributed by atoms with Gasteiger partial charge in [-0.1, -0.05) is 0 Å². The molecule has 0 spiro atoms. The summed E-state index contributed by atoms with van der Waals surface area (Å²) in [6.07, 6.45) is -0.126. The second kappa shape index (κ2) is 5.59. The number of aromatic nitrogens is 2. The summed E-state index contributed by atoms with van der Waals surface area (Å²) < 4.78 is 7.26. The van der Waals surface area contributed by atoms with Gasteiger partial charge in [-0.05, 0) is 38.9 Å². The summed E-state index contributed by atoms with van der Waals surface area (Å²) in [5, 5.41) is 10.2. The molecule has 2 rings (SSSR count). The van der Waals surface area contributed by atoms with Crippen LogP contribution in [0.3, 0.4) is 0 Å². The molecular formula is C14H21N3O2. The Hall–Kier alpha value is -1.59. The van der Waals surface area contributed by atoms with Gasteiger partial charge in [0.15, 0.2) is 0 Å². The maximum Gasteiger partial charge on any atom is 0.139 e. The van der Waals surface area contributed by atoms with Crippen molar-refractivity contribution in [2.24, 2.45) is 5.73 Å². The molecule has 5 nitrogen and oxygen atoms in total. The predicted molar refractivity (Wildman–Crippen MR) is 75.3 cm³/mol. The molecule has 0 saturated heterocycles. The predicted octanol–water partition coefficient (Wildman–Crippen LogP) is 2.01. The van der Waals surface area contributed by atoms with Crippen LogP contribution >= 0.6 is 0 Å². The number of imidazole rings is 1. The molecule has 3 N–H and O–H groups in total. The van der Waals surface area contributed by atoms with E-state index in [0.717, 1.165) is 16.8 Å². The number of nitrogens with zero attached hydrogens (tertiary/aromatic N) is 2. The van der Waals surface area contributed by atoms with E-state index in [9.17, 15) is 5.11 Å². The van der Waals surface area contributed by atoms with E-state index in [0.29, 0.717) is 18.8 Å². The van der Waals surface area contributed by atoms with Crippen LogP contribution in [0.1, 0.15) is 38.2 Å². The van der Waals surface area contributed by atoms with Crippen molar-refractivity contribution >= 4 is 11.0 Å². The third-order valence-electron chi connectivity index (χ3n) is 3.18. The summed E-state index contributed by atoms with van der Waals surface area (Å²) >= 11 is 0. The van der Waals surface area contributed by atoms with Gasteiger partial charge in [0.05, 0.1) is 18.1 Å². The van der Waals surface area contributed by atoms with Gasteiger partial charge in [0.25, 0.3) is 0 Å². The normalized spacial score (nSPS) is 13.2. The van der Waals surface area contributed by atoms with Crippen LogP contribution in [-0.4, -0.2) is 28.3 Å². The zero-order valence-electron chi connectivity index (χ0n) is 11.6. The first-order valence-electron chi connectivity index (χ1n) is 6.52. The van der Waals surface area contributed by atoms with Gasteiger partial charge in [0.1, 0.15) is 17.7 Å². The first-order valence-corrected chi connectivity index (χ1v) is 6.52. The topological polar surface area (TPSA) is 73.3 Å². The van der Waals surface area contributed by atoms with Crippen LogP contribution in [0, 0.1) is 0 Å². The van der Waals surface area contributed by atoms with Gasteiger partial charge in [0, 0.05) is 12.1 Å².